The average molecular weight is 360 g/mol. The number of carbonyl (C=O) groups is 1. The Labute approximate surface area is 146 Å². The number of carbonyl (C=O) groups excluding carboxylic acids is 1. The molecule has 1 amide bonds. The first-order valence-electron chi connectivity index (χ1n) is 7.37. The summed E-state index contributed by atoms with van der Waals surface area (Å²) in [6.45, 7) is 0.0873. The van der Waals surface area contributed by atoms with Crippen LogP contribution in [0.5, 0.6) is 11.5 Å². The molecule has 5 nitrogen and oxygen atoms in total. The van der Waals surface area contributed by atoms with Crippen LogP contribution >= 0.6 is 0 Å². The number of nitrogens with zero attached hydrogens (tertiary/aromatic N) is 1. The zero-order chi connectivity index (χ0) is 18.7. The van der Waals surface area contributed by atoms with Crippen molar-refractivity contribution in [2.45, 2.75) is 6.18 Å². The first-order chi connectivity index (χ1) is 12.4. The van der Waals surface area contributed by atoms with Crippen LogP contribution in [-0.4, -0.2) is 12.7 Å². The van der Waals surface area contributed by atoms with Crippen LogP contribution in [0.4, 0.5) is 18.9 Å². The average Bonchev–Trinajstić information content (AvgIpc) is 3.07. The van der Waals surface area contributed by atoms with Gasteiger partial charge in [-0.05, 0) is 35.9 Å². The lowest BCUT2D eigenvalue weighted by molar-refractivity contribution is -0.137. The summed E-state index contributed by atoms with van der Waals surface area (Å²) in [5.41, 5.74) is -0.358. The number of nitrogens with one attached hydrogen (secondary N) is 1. The maximum absolute atomic E-state index is 12.6. The zero-order valence-corrected chi connectivity index (χ0v) is 13.1. The highest BCUT2D eigenvalue weighted by atomic mass is 19.4. The first-order valence-corrected chi connectivity index (χ1v) is 7.37. The third kappa shape index (κ3) is 3.78. The number of halogens is 3. The van der Waals surface area contributed by atoms with Crippen molar-refractivity contribution in [3.63, 3.8) is 0 Å². The molecular formula is C18H11F3N2O3. The maximum Gasteiger partial charge on any atom is 0.416 e. The molecule has 3 rings (SSSR count). The molecule has 8 heteroatoms. The molecule has 0 aliphatic carbocycles. The number of hydrogen-bond donors (Lipinski definition) is 1. The minimum atomic E-state index is -4.45. The topological polar surface area (TPSA) is 71.4 Å². The summed E-state index contributed by atoms with van der Waals surface area (Å²) >= 11 is 0. The molecule has 0 saturated carbocycles. The normalized spacial score (nSPS) is 13.2. The number of rotatable bonds is 3. The van der Waals surface area contributed by atoms with Crippen LogP contribution in [0.2, 0.25) is 0 Å². The van der Waals surface area contributed by atoms with E-state index in [9.17, 15) is 23.2 Å². The molecule has 0 bridgehead atoms. The Balaban J connectivity index is 1.76. The quantitative estimate of drug-likeness (QED) is 0.664. The van der Waals surface area contributed by atoms with E-state index in [0.717, 1.165) is 12.1 Å². The molecule has 26 heavy (non-hydrogen) atoms. The molecule has 0 radical (unpaired) electrons. The molecule has 1 aliphatic rings. The minimum Gasteiger partial charge on any atom is -0.454 e. The third-order valence-corrected chi connectivity index (χ3v) is 3.54. The van der Waals surface area contributed by atoms with Crippen molar-refractivity contribution in [1.82, 2.24) is 0 Å². The van der Waals surface area contributed by atoms with Crippen molar-refractivity contribution >= 4 is 17.7 Å². The van der Waals surface area contributed by atoms with Gasteiger partial charge < -0.3 is 14.8 Å². The van der Waals surface area contributed by atoms with Gasteiger partial charge in [0.25, 0.3) is 5.91 Å². The van der Waals surface area contributed by atoms with Crippen molar-refractivity contribution in [1.29, 1.82) is 5.26 Å². The standard InChI is InChI=1S/C18H11F3N2O3/c19-18(20,21)13-3-1-11(2-4-13)7-12(9-22)17(24)23-14-5-6-15-16(8-14)26-10-25-15/h1-8H,10H2,(H,23,24)/b12-7+. The van der Waals surface area contributed by atoms with Gasteiger partial charge in [0, 0.05) is 11.8 Å². The fourth-order valence-electron chi connectivity index (χ4n) is 2.26. The predicted molar refractivity (Wildman–Crippen MR) is 86.2 cm³/mol. The van der Waals surface area contributed by atoms with Gasteiger partial charge in [0.1, 0.15) is 11.6 Å². The van der Waals surface area contributed by atoms with E-state index in [1.54, 1.807) is 24.3 Å². The molecule has 0 atom stereocenters. The molecule has 2 aromatic rings. The highest BCUT2D eigenvalue weighted by Crippen LogP contribution is 2.34. The summed E-state index contributed by atoms with van der Waals surface area (Å²) in [5.74, 6) is 0.322. The molecule has 1 aliphatic heterocycles. The fraction of sp³-hybridized carbons (Fsp3) is 0.111. The lowest BCUT2D eigenvalue weighted by Crippen LogP contribution is -2.13. The van der Waals surface area contributed by atoms with Gasteiger partial charge in [0.15, 0.2) is 11.5 Å². The summed E-state index contributed by atoms with van der Waals surface area (Å²) in [5, 5.41) is 11.7. The van der Waals surface area contributed by atoms with Gasteiger partial charge in [-0.3, -0.25) is 4.79 Å². The number of anilines is 1. The van der Waals surface area contributed by atoms with Crippen LogP contribution < -0.4 is 14.8 Å². The van der Waals surface area contributed by atoms with Gasteiger partial charge in [0.05, 0.1) is 5.56 Å². The molecule has 0 unspecified atom stereocenters. The van der Waals surface area contributed by atoms with Crippen LogP contribution in [0.1, 0.15) is 11.1 Å². The smallest absolute Gasteiger partial charge is 0.416 e. The Kier molecular flexibility index (Phi) is 4.54. The van der Waals surface area contributed by atoms with Crippen molar-refractivity contribution in [2.75, 3.05) is 12.1 Å². The second-order valence-electron chi connectivity index (χ2n) is 5.31. The Morgan fingerprint density at radius 2 is 1.81 bits per heavy atom. The highest BCUT2D eigenvalue weighted by molar-refractivity contribution is 6.09. The second kappa shape index (κ2) is 6.80. The molecule has 132 valence electrons. The maximum atomic E-state index is 12.6. The van der Waals surface area contributed by atoms with Gasteiger partial charge in [-0.25, -0.2) is 0 Å². The van der Waals surface area contributed by atoms with Gasteiger partial charge in [-0.2, -0.15) is 18.4 Å². The fourth-order valence-corrected chi connectivity index (χ4v) is 2.26. The summed E-state index contributed by atoms with van der Waals surface area (Å²) in [6.07, 6.45) is -3.24. The van der Waals surface area contributed by atoms with E-state index in [-0.39, 0.29) is 12.4 Å². The first kappa shape index (κ1) is 17.4. The van der Waals surface area contributed by atoms with E-state index in [1.165, 1.54) is 18.2 Å². The molecule has 0 spiro atoms. The second-order valence-corrected chi connectivity index (χ2v) is 5.31. The number of nitriles is 1. The van der Waals surface area contributed by atoms with Gasteiger partial charge in [-0.15, -0.1) is 0 Å². The van der Waals surface area contributed by atoms with Gasteiger partial charge in [0.2, 0.25) is 6.79 Å². The Bertz CT molecular complexity index is 913. The Hall–Kier alpha value is -3.47. The number of alkyl halides is 3. The summed E-state index contributed by atoms with van der Waals surface area (Å²) in [4.78, 5) is 12.2. The Morgan fingerprint density at radius 3 is 2.46 bits per heavy atom. The largest absolute Gasteiger partial charge is 0.454 e. The SMILES string of the molecule is N#C/C(=C\c1ccc(C(F)(F)F)cc1)C(=O)Nc1ccc2c(c1)OCO2. The van der Waals surface area contributed by atoms with Gasteiger partial charge >= 0.3 is 6.18 Å². The predicted octanol–water partition coefficient (Wildman–Crippen LogP) is 3.98. The highest BCUT2D eigenvalue weighted by Gasteiger charge is 2.29. The monoisotopic (exact) mass is 360 g/mol. The Morgan fingerprint density at radius 1 is 1.12 bits per heavy atom. The molecule has 0 aromatic heterocycles. The van der Waals surface area contributed by atoms with Crippen LogP contribution in [-0.2, 0) is 11.0 Å². The van der Waals surface area contributed by atoms with E-state index in [4.69, 9.17) is 9.47 Å². The van der Waals surface area contributed by atoms with Crippen LogP contribution in [0, 0.1) is 11.3 Å². The van der Waals surface area contributed by atoms with E-state index >= 15 is 0 Å². The number of amides is 1. The van der Waals surface area contributed by atoms with Crippen molar-refractivity contribution in [3.05, 3.63) is 59.2 Å². The van der Waals surface area contributed by atoms with Crippen molar-refractivity contribution < 1.29 is 27.4 Å². The molecule has 1 heterocycles. The number of ether oxygens (including phenoxy) is 2. The molecule has 0 saturated heterocycles. The zero-order valence-electron chi connectivity index (χ0n) is 13.1. The molecular weight excluding hydrogens is 349 g/mol. The summed E-state index contributed by atoms with van der Waals surface area (Å²) in [7, 11) is 0. The third-order valence-electron chi connectivity index (χ3n) is 3.54. The van der Waals surface area contributed by atoms with Crippen LogP contribution in [0.25, 0.3) is 6.08 Å². The summed E-state index contributed by atoms with van der Waals surface area (Å²) in [6, 6.07) is 10.6. The van der Waals surface area contributed by atoms with Crippen molar-refractivity contribution in [3.8, 4) is 17.6 Å². The lowest BCUT2D eigenvalue weighted by atomic mass is 10.1. The molecule has 2 aromatic carbocycles. The van der Waals surface area contributed by atoms with E-state index < -0.39 is 17.6 Å². The van der Waals surface area contributed by atoms with Gasteiger partial charge in [-0.1, -0.05) is 12.1 Å². The van der Waals surface area contributed by atoms with E-state index in [0.29, 0.717) is 22.7 Å². The van der Waals surface area contributed by atoms with E-state index in [1.807, 2.05) is 0 Å². The number of fused-ring (bicyclic) bond motifs is 1. The van der Waals surface area contributed by atoms with E-state index in [2.05, 4.69) is 5.32 Å². The van der Waals surface area contributed by atoms with Crippen molar-refractivity contribution in [2.24, 2.45) is 0 Å². The number of benzene rings is 2. The number of hydrogen-bond acceptors (Lipinski definition) is 4. The molecule has 1 N–H and O–H groups in total. The summed E-state index contributed by atoms with van der Waals surface area (Å²) < 4.78 is 48.0. The van der Waals surface area contributed by atoms with Crippen LogP contribution in [0.3, 0.4) is 0 Å². The van der Waals surface area contributed by atoms with Crippen LogP contribution in [0.15, 0.2) is 48.0 Å². The minimum absolute atomic E-state index is 0.0873. The molecule has 0 fully saturated rings. The lowest BCUT2D eigenvalue weighted by Gasteiger charge is -2.07.